The Bertz CT molecular complexity index is 2080. The van der Waals surface area contributed by atoms with Crippen LogP contribution in [0.25, 0.3) is 0 Å². The second kappa shape index (κ2) is 14.5. The molecule has 0 radical (unpaired) electrons. The first kappa shape index (κ1) is 37.6. The van der Waals surface area contributed by atoms with Crippen molar-refractivity contribution in [2.45, 2.75) is 47.2 Å². The van der Waals surface area contributed by atoms with Gasteiger partial charge in [0.05, 0.1) is 25.8 Å². The molecule has 0 saturated heterocycles. The SMILES string of the molecule is COC(=O)OCOP(=O)(OCOC(=O)OC)OCOc1c2n(ccc1=O)N([C@@H]1c3ccccc3SCc3c1ccc(F)c3F)CN(C13CC(F)(C1)C3)C2=O. The fourth-order valence-corrected chi connectivity index (χ4v) is 8.96. The van der Waals surface area contributed by atoms with E-state index in [4.69, 9.17) is 18.3 Å². The molecule has 0 N–H and O–H groups in total. The molecule has 8 rings (SSSR count). The molecule has 3 heterocycles. The Labute approximate surface area is 308 Å². The third kappa shape index (κ3) is 6.76. The molecule has 1 aromatic heterocycles. The van der Waals surface area contributed by atoms with E-state index in [0.29, 0.717) is 11.1 Å². The second-order valence-electron chi connectivity index (χ2n) is 12.6. The first-order valence-corrected chi connectivity index (χ1v) is 18.6. The number of alkyl halides is 1. The van der Waals surface area contributed by atoms with Crippen LogP contribution in [0.5, 0.6) is 5.75 Å². The number of rotatable bonds is 12. The Hall–Kier alpha value is -4.75. The monoisotopic (exact) mass is 797 g/mol. The van der Waals surface area contributed by atoms with Crippen LogP contribution < -0.4 is 15.2 Å². The van der Waals surface area contributed by atoms with E-state index < -0.39 is 86.5 Å². The number of nitrogens with zero attached hydrogens (tertiary/aromatic N) is 3. The van der Waals surface area contributed by atoms with Crippen LogP contribution in [0.4, 0.5) is 22.8 Å². The van der Waals surface area contributed by atoms with Gasteiger partial charge in [0.25, 0.3) is 5.91 Å². The van der Waals surface area contributed by atoms with Crippen molar-refractivity contribution in [1.82, 2.24) is 9.58 Å². The summed E-state index contributed by atoms with van der Waals surface area (Å²) < 4.78 is 98.2. The van der Waals surface area contributed by atoms with Gasteiger partial charge in [0.1, 0.15) is 12.3 Å². The Kier molecular flexibility index (Phi) is 10.1. The number of carbonyl (C=O) groups is 3. The van der Waals surface area contributed by atoms with Crippen molar-refractivity contribution < 1.29 is 69.4 Å². The molecule has 3 aromatic rings. The minimum absolute atomic E-state index is 0.0582. The molecule has 3 saturated carbocycles. The van der Waals surface area contributed by atoms with Gasteiger partial charge >= 0.3 is 20.1 Å². The molecule has 3 aliphatic carbocycles. The minimum atomic E-state index is -4.82. The number of benzene rings is 2. The molecule has 3 fully saturated rings. The molecule has 2 aromatic carbocycles. The fraction of sp³-hybridized carbons (Fsp3) is 0.394. The second-order valence-corrected chi connectivity index (χ2v) is 15.3. The van der Waals surface area contributed by atoms with E-state index in [2.05, 4.69) is 18.9 Å². The Morgan fingerprint density at radius 3 is 2.20 bits per heavy atom. The standard InChI is InChI=1S/C33H31F3N3O13PS/c1-45-30(42)48-17-51-53(44,52-18-49-31(43)46-2)50-16-47-28-23(40)9-10-38-27(28)29(41)37(33-12-32(36,13-33)14-33)15-39(38)26-19-7-8-22(34)25(35)21(19)11-54-24-6-4-3-5-20(24)26/h3-10,26H,11-18H2,1-2H3/t26-,32?,33?/m0/s1. The lowest BCUT2D eigenvalue weighted by molar-refractivity contribution is -0.214. The fourth-order valence-electron chi connectivity index (χ4n) is 7.08. The summed E-state index contributed by atoms with van der Waals surface area (Å²) in [5.74, 6) is -3.24. The van der Waals surface area contributed by atoms with Crippen LogP contribution in [0.3, 0.4) is 0 Å². The summed E-state index contributed by atoms with van der Waals surface area (Å²) in [7, 11) is -2.81. The van der Waals surface area contributed by atoms with Crippen molar-refractivity contribution in [3.05, 3.63) is 92.9 Å². The smallest absolute Gasteiger partial charge is 0.460 e. The number of halogens is 3. The van der Waals surface area contributed by atoms with Crippen LogP contribution >= 0.6 is 19.6 Å². The van der Waals surface area contributed by atoms with Crippen molar-refractivity contribution in [3.8, 4) is 5.75 Å². The Morgan fingerprint density at radius 2 is 1.56 bits per heavy atom. The average Bonchev–Trinajstić information content (AvgIpc) is 3.29. The van der Waals surface area contributed by atoms with Crippen LogP contribution in [-0.4, -0.2) is 80.3 Å². The van der Waals surface area contributed by atoms with Gasteiger partial charge < -0.3 is 28.6 Å². The maximum absolute atomic E-state index is 15.5. The highest BCUT2D eigenvalue weighted by atomic mass is 32.2. The number of phosphoric acid groups is 1. The van der Waals surface area contributed by atoms with E-state index in [0.717, 1.165) is 31.2 Å². The first-order chi connectivity index (χ1) is 25.8. The highest BCUT2D eigenvalue weighted by Gasteiger charge is 2.73. The summed E-state index contributed by atoms with van der Waals surface area (Å²) in [6, 6.07) is 9.96. The molecule has 54 heavy (non-hydrogen) atoms. The molecular formula is C33H31F3N3O13PS. The number of hydrogen-bond donors (Lipinski definition) is 0. The zero-order valence-corrected chi connectivity index (χ0v) is 30.2. The molecule has 21 heteroatoms. The number of hydrogen-bond acceptors (Lipinski definition) is 15. The molecule has 1 amide bonds. The lowest BCUT2D eigenvalue weighted by Gasteiger charge is -2.70. The average molecular weight is 798 g/mol. The number of methoxy groups -OCH3 is 2. The molecule has 16 nitrogen and oxygen atoms in total. The molecule has 0 spiro atoms. The molecular weight excluding hydrogens is 766 g/mol. The summed E-state index contributed by atoms with van der Waals surface area (Å²) in [5, 5.41) is 1.68. The maximum Gasteiger partial charge on any atom is 0.510 e. The highest BCUT2D eigenvalue weighted by Crippen LogP contribution is 2.66. The molecule has 0 unspecified atom stereocenters. The predicted molar refractivity (Wildman–Crippen MR) is 178 cm³/mol. The van der Waals surface area contributed by atoms with Gasteiger partial charge in [-0.25, -0.2) is 40.9 Å². The van der Waals surface area contributed by atoms with Crippen LogP contribution in [0, 0.1) is 11.6 Å². The van der Waals surface area contributed by atoms with E-state index >= 15 is 4.39 Å². The molecule has 288 valence electrons. The summed E-state index contributed by atoms with van der Waals surface area (Å²) in [4.78, 5) is 52.8. The lowest BCUT2D eigenvalue weighted by Crippen LogP contribution is -2.79. The number of phosphoric ester groups is 1. The zero-order valence-electron chi connectivity index (χ0n) is 28.5. The topological polar surface area (TPSA) is 171 Å². The number of aromatic nitrogens is 1. The summed E-state index contributed by atoms with van der Waals surface area (Å²) in [5.41, 5.74) is -2.27. The third-order valence-corrected chi connectivity index (χ3v) is 11.9. The molecule has 5 aliphatic rings. The third-order valence-electron chi connectivity index (χ3n) is 9.49. The molecule has 2 bridgehead atoms. The van der Waals surface area contributed by atoms with Gasteiger partial charge in [-0.2, -0.15) is 0 Å². The summed E-state index contributed by atoms with van der Waals surface area (Å²) in [6.45, 7) is -3.28. The number of thioether (sulfide) groups is 1. The first-order valence-electron chi connectivity index (χ1n) is 16.1. The van der Waals surface area contributed by atoms with E-state index in [9.17, 15) is 32.5 Å². The van der Waals surface area contributed by atoms with Gasteiger partial charge in [0, 0.05) is 47.7 Å². The minimum Gasteiger partial charge on any atom is -0.460 e. The number of pyridine rings is 1. The van der Waals surface area contributed by atoms with Gasteiger partial charge in [0.2, 0.25) is 31.6 Å². The van der Waals surface area contributed by atoms with Gasteiger partial charge in [-0.05, 0) is 23.3 Å². The van der Waals surface area contributed by atoms with Gasteiger partial charge in [-0.15, -0.1) is 11.8 Å². The number of carbonyl (C=O) groups excluding carboxylic acids is 3. The van der Waals surface area contributed by atoms with Crippen LogP contribution in [0.2, 0.25) is 0 Å². The Balaban J connectivity index is 1.26. The van der Waals surface area contributed by atoms with Gasteiger partial charge in [0.15, 0.2) is 17.3 Å². The van der Waals surface area contributed by atoms with E-state index in [1.165, 1.54) is 33.6 Å². The quantitative estimate of drug-likeness (QED) is 0.128. The predicted octanol–water partition coefficient (Wildman–Crippen LogP) is 5.49. The normalized spacial score (nSPS) is 22.4. The van der Waals surface area contributed by atoms with E-state index in [-0.39, 0.29) is 42.9 Å². The van der Waals surface area contributed by atoms with Crippen LogP contribution in [-0.2, 0) is 42.8 Å². The van der Waals surface area contributed by atoms with Gasteiger partial charge in [-0.3, -0.25) is 19.3 Å². The Morgan fingerprint density at radius 1 is 0.907 bits per heavy atom. The lowest BCUT2D eigenvalue weighted by atomic mass is 9.46. The van der Waals surface area contributed by atoms with E-state index in [1.54, 1.807) is 17.1 Å². The molecule has 1 atom stereocenters. The van der Waals surface area contributed by atoms with E-state index in [1.807, 2.05) is 12.1 Å². The molecule has 2 aliphatic heterocycles. The zero-order chi connectivity index (χ0) is 38.4. The van der Waals surface area contributed by atoms with Crippen molar-refractivity contribution >= 4 is 37.8 Å². The van der Waals surface area contributed by atoms with Crippen molar-refractivity contribution in [2.24, 2.45) is 0 Å². The number of fused-ring (bicyclic) bond motifs is 3. The van der Waals surface area contributed by atoms with Crippen LogP contribution in [0.1, 0.15) is 52.5 Å². The number of ether oxygens (including phenoxy) is 5. The van der Waals surface area contributed by atoms with Gasteiger partial charge in [-0.1, -0.05) is 24.3 Å². The summed E-state index contributed by atoms with van der Waals surface area (Å²) in [6.07, 6.45) is -0.931. The van der Waals surface area contributed by atoms with Crippen molar-refractivity contribution in [3.63, 3.8) is 0 Å². The van der Waals surface area contributed by atoms with Crippen LogP contribution in [0.15, 0.2) is 58.4 Å². The highest BCUT2D eigenvalue weighted by molar-refractivity contribution is 7.98. The largest absolute Gasteiger partial charge is 0.510 e. The summed E-state index contributed by atoms with van der Waals surface area (Å²) >= 11 is 1.31. The van der Waals surface area contributed by atoms with Crippen molar-refractivity contribution in [2.75, 3.05) is 46.3 Å². The number of amides is 1. The maximum atomic E-state index is 15.5. The van der Waals surface area contributed by atoms with Crippen molar-refractivity contribution in [1.29, 1.82) is 0 Å².